The van der Waals surface area contributed by atoms with Crippen molar-refractivity contribution in [1.82, 2.24) is 4.90 Å². The molecule has 1 aliphatic heterocycles. The van der Waals surface area contributed by atoms with Crippen LogP contribution in [0.5, 0.6) is 0 Å². The molecule has 1 saturated heterocycles. The average Bonchev–Trinajstić information content (AvgIpc) is 2.56. The van der Waals surface area contributed by atoms with Gasteiger partial charge in [0.1, 0.15) is 11.6 Å². The summed E-state index contributed by atoms with van der Waals surface area (Å²) < 4.78 is 27.6. The Kier molecular flexibility index (Phi) is 3.71. The number of nitrogens with zero attached hydrogens (tertiary/aromatic N) is 1. The number of carbonyl (C=O) groups is 2. The fourth-order valence-corrected chi connectivity index (χ4v) is 2.43. The molecule has 0 aromatic heterocycles. The van der Waals surface area contributed by atoms with E-state index in [1.165, 1.54) is 6.07 Å². The normalized spacial score (nSPS) is 23.3. The van der Waals surface area contributed by atoms with E-state index in [2.05, 4.69) is 15.9 Å². The van der Waals surface area contributed by atoms with Crippen LogP contribution < -0.4 is 0 Å². The molecular weight excluding hydrogens is 320 g/mol. The lowest BCUT2D eigenvalue weighted by Crippen LogP contribution is -2.31. The maximum absolute atomic E-state index is 13.8. The van der Waals surface area contributed by atoms with E-state index in [0.717, 1.165) is 11.0 Å². The zero-order chi connectivity index (χ0) is 14.3. The van der Waals surface area contributed by atoms with E-state index < -0.39 is 35.3 Å². The second-order valence-electron chi connectivity index (χ2n) is 4.66. The molecule has 1 aliphatic rings. The van der Waals surface area contributed by atoms with Gasteiger partial charge in [-0.2, -0.15) is 0 Å². The second kappa shape index (κ2) is 5.00. The first kappa shape index (κ1) is 14.1. The molecule has 19 heavy (non-hydrogen) atoms. The summed E-state index contributed by atoms with van der Waals surface area (Å²) in [5, 5.41) is 0. The molecule has 0 bridgehead atoms. The Morgan fingerprint density at radius 1 is 1.16 bits per heavy atom. The molecule has 0 aliphatic carbocycles. The first-order valence-electron chi connectivity index (χ1n) is 5.82. The Balaban J connectivity index is 2.35. The third kappa shape index (κ3) is 2.29. The van der Waals surface area contributed by atoms with Crippen LogP contribution in [0.4, 0.5) is 8.78 Å². The van der Waals surface area contributed by atoms with Crippen LogP contribution in [0.2, 0.25) is 0 Å². The highest BCUT2D eigenvalue weighted by atomic mass is 79.9. The Hall–Kier alpha value is -1.30. The van der Waals surface area contributed by atoms with Crippen molar-refractivity contribution in [2.24, 2.45) is 11.8 Å². The fraction of sp³-hybridized carbons (Fsp3) is 0.385. The van der Waals surface area contributed by atoms with Gasteiger partial charge in [0, 0.05) is 17.4 Å². The average molecular weight is 332 g/mol. The van der Waals surface area contributed by atoms with Gasteiger partial charge in [0.05, 0.1) is 11.0 Å². The topological polar surface area (TPSA) is 37.4 Å². The second-order valence-corrected chi connectivity index (χ2v) is 5.52. The number of rotatable bonds is 2. The van der Waals surface area contributed by atoms with Gasteiger partial charge in [-0.1, -0.05) is 13.8 Å². The molecule has 6 heteroatoms. The molecular formula is C13H12BrF2NO2. The van der Waals surface area contributed by atoms with Crippen LogP contribution in [0.1, 0.15) is 19.4 Å². The number of likely N-dealkylation sites (tertiary alicyclic amines) is 1. The van der Waals surface area contributed by atoms with Crippen LogP contribution in [0.15, 0.2) is 16.6 Å². The highest BCUT2D eigenvalue weighted by Gasteiger charge is 2.42. The van der Waals surface area contributed by atoms with E-state index in [4.69, 9.17) is 0 Å². The number of imide groups is 1. The van der Waals surface area contributed by atoms with Crippen molar-refractivity contribution in [2.75, 3.05) is 0 Å². The highest BCUT2D eigenvalue weighted by molar-refractivity contribution is 9.10. The molecule has 0 N–H and O–H groups in total. The van der Waals surface area contributed by atoms with Crippen molar-refractivity contribution in [3.8, 4) is 0 Å². The largest absolute Gasteiger partial charge is 0.277 e. The van der Waals surface area contributed by atoms with Crippen molar-refractivity contribution < 1.29 is 18.4 Å². The number of halogens is 3. The maximum atomic E-state index is 13.8. The molecule has 1 aromatic rings. The van der Waals surface area contributed by atoms with Gasteiger partial charge in [-0.25, -0.2) is 8.78 Å². The van der Waals surface area contributed by atoms with E-state index >= 15 is 0 Å². The summed E-state index contributed by atoms with van der Waals surface area (Å²) in [7, 11) is 0. The minimum atomic E-state index is -0.784. The summed E-state index contributed by atoms with van der Waals surface area (Å²) in [5.41, 5.74) is -0.280. The molecule has 102 valence electrons. The predicted octanol–water partition coefficient (Wildman–Crippen LogP) is 2.87. The zero-order valence-corrected chi connectivity index (χ0v) is 12.0. The minimum absolute atomic E-state index is 0.101. The van der Waals surface area contributed by atoms with Gasteiger partial charge in [-0.3, -0.25) is 14.5 Å². The molecule has 2 unspecified atom stereocenters. The summed E-state index contributed by atoms with van der Waals surface area (Å²) >= 11 is 2.95. The number of carbonyl (C=O) groups excluding carboxylic acids is 2. The van der Waals surface area contributed by atoms with E-state index in [0.29, 0.717) is 0 Å². The molecule has 0 radical (unpaired) electrons. The van der Waals surface area contributed by atoms with E-state index in [1.807, 2.05) is 0 Å². The molecule has 1 heterocycles. The van der Waals surface area contributed by atoms with Gasteiger partial charge in [0.15, 0.2) is 0 Å². The molecule has 0 saturated carbocycles. The van der Waals surface area contributed by atoms with Crippen LogP contribution in [0.25, 0.3) is 0 Å². The van der Waals surface area contributed by atoms with Gasteiger partial charge in [-0.15, -0.1) is 0 Å². The van der Waals surface area contributed by atoms with E-state index in [1.54, 1.807) is 13.8 Å². The zero-order valence-electron chi connectivity index (χ0n) is 10.4. The number of benzene rings is 1. The molecule has 2 atom stereocenters. The third-order valence-corrected chi connectivity index (χ3v) is 4.13. The Labute approximate surface area is 117 Å². The monoisotopic (exact) mass is 331 g/mol. The SMILES string of the molecule is CC1C(=O)N(Cc2c(F)ccc(Br)c2F)C(=O)C1C. The van der Waals surface area contributed by atoms with Crippen molar-refractivity contribution in [2.45, 2.75) is 20.4 Å². The Morgan fingerprint density at radius 3 is 2.21 bits per heavy atom. The number of amides is 2. The first-order chi connectivity index (χ1) is 8.84. The number of hydrogen-bond donors (Lipinski definition) is 0. The molecule has 1 aromatic carbocycles. The Morgan fingerprint density at radius 2 is 1.68 bits per heavy atom. The minimum Gasteiger partial charge on any atom is -0.277 e. The van der Waals surface area contributed by atoms with Crippen molar-refractivity contribution >= 4 is 27.7 Å². The van der Waals surface area contributed by atoms with Crippen LogP contribution in [0, 0.1) is 23.5 Å². The standard InChI is InChI=1S/C13H12BrF2NO2/c1-6-7(2)13(19)17(12(6)18)5-8-10(15)4-3-9(14)11(8)16/h3-4,6-7H,5H2,1-2H3. The van der Waals surface area contributed by atoms with Gasteiger partial charge in [0.25, 0.3) is 0 Å². The van der Waals surface area contributed by atoms with Crippen molar-refractivity contribution in [1.29, 1.82) is 0 Å². The molecule has 1 fully saturated rings. The number of hydrogen-bond acceptors (Lipinski definition) is 2. The van der Waals surface area contributed by atoms with Crippen LogP contribution in [-0.2, 0) is 16.1 Å². The first-order valence-corrected chi connectivity index (χ1v) is 6.61. The van der Waals surface area contributed by atoms with Crippen molar-refractivity contribution in [3.05, 3.63) is 33.8 Å². The molecule has 2 rings (SSSR count). The summed E-state index contributed by atoms with van der Waals surface area (Å²) in [4.78, 5) is 24.7. The fourth-order valence-electron chi connectivity index (χ4n) is 2.06. The lowest BCUT2D eigenvalue weighted by molar-refractivity contribution is -0.140. The van der Waals surface area contributed by atoms with Crippen LogP contribution >= 0.6 is 15.9 Å². The predicted molar refractivity (Wildman–Crippen MR) is 67.9 cm³/mol. The van der Waals surface area contributed by atoms with E-state index in [-0.39, 0.29) is 16.6 Å². The molecule has 2 amide bonds. The highest BCUT2D eigenvalue weighted by Crippen LogP contribution is 2.29. The molecule has 0 spiro atoms. The third-order valence-electron chi connectivity index (χ3n) is 3.52. The smallest absolute Gasteiger partial charge is 0.233 e. The lowest BCUT2D eigenvalue weighted by atomic mass is 10.00. The summed E-state index contributed by atoms with van der Waals surface area (Å²) in [5.74, 6) is -3.24. The van der Waals surface area contributed by atoms with Gasteiger partial charge >= 0.3 is 0 Å². The van der Waals surface area contributed by atoms with Gasteiger partial charge in [0.2, 0.25) is 11.8 Å². The lowest BCUT2D eigenvalue weighted by Gasteiger charge is -2.16. The van der Waals surface area contributed by atoms with Gasteiger partial charge < -0.3 is 0 Å². The summed E-state index contributed by atoms with van der Waals surface area (Å²) in [6.45, 7) is 2.90. The van der Waals surface area contributed by atoms with Gasteiger partial charge in [-0.05, 0) is 28.1 Å². The quantitative estimate of drug-likeness (QED) is 0.617. The molecule has 3 nitrogen and oxygen atoms in total. The summed E-state index contributed by atoms with van der Waals surface area (Å²) in [6.07, 6.45) is 0. The Bertz CT molecular complexity index is 542. The maximum Gasteiger partial charge on any atom is 0.233 e. The van der Waals surface area contributed by atoms with Crippen molar-refractivity contribution in [3.63, 3.8) is 0 Å². The summed E-state index contributed by atoms with van der Waals surface area (Å²) in [6, 6.07) is 2.34. The van der Waals surface area contributed by atoms with Crippen LogP contribution in [0.3, 0.4) is 0 Å². The van der Waals surface area contributed by atoms with E-state index in [9.17, 15) is 18.4 Å². The van der Waals surface area contributed by atoms with Crippen LogP contribution in [-0.4, -0.2) is 16.7 Å².